The summed E-state index contributed by atoms with van der Waals surface area (Å²) in [7, 11) is 0. The van der Waals surface area contributed by atoms with Gasteiger partial charge >= 0.3 is 5.97 Å². The Kier molecular flexibility index (Phi) is 3.70. The third-order valence-electron chi connectivity index (χ3n) is 2.74. The third kappa shape index (κ3) is 2.95. The number of anilines is 1. The van der Waals surface area contributed by atoms with Crippen LogP contribution < -0.4 is 5.32 Å². The predicted molar refractivity (Wildman–Crippen MR) is 74.8 cm³/mol. The van der Waals surface area contributed by atoms with Crippen LogP contribution in [0.5, 0.6) is 5.75 Å². The zero-order valence-electron chi connectivity index (χ0n) is 10.8. The second-order valence-electron chi connectivity index (χ2n) is 4.30. The highest BCUT2D eigenvalue weighted by molar-refractivity contribution is 5.93. The van der Waals surface area contributed by atoms with Gasteiger partial charge in [0.25, 0.3) is 0 Å². The van der Waals surface area contributed by atoms with Gasteiger partial charge in [-0.25, -0.2) is 4.79 Å². The topological polar surface area (TPSA) is 86.6 Å². The van der Waals surface area contributed by atoms with Crippen LogP contribution in [0.15, 0.2) is 42.5 Å². The lowest BCUT2D eigenvalue weighted by Crippen LogP contribution is -2.05. The van der Waals surface area contributed by atoms with Crippen LogP contribution in [-0.4, -0.2) is 22.1 Å². The maximum Gasteiger partial charge on any atom is 0.339 e. The van der Waals surface area contributed by atoms with Gasteiger partial charge in [0.05, 0.1) is 0 Å². The highest BCUT2D eigenvalue weighted by atomic mass is 16.4. The number of hydrogen-bond acceptors (Lipinski definition) is 3. The first-order valence-corrected chi connectivity index (χ1v) is 5.91. The summed E-state index contributed by atoms with van der Waals surface area (Å²) in [6.07, 6.45) is 0. The summed E-state index contributed by atoms with van der Waals surface area (Å²) in [5, 5.41) is 21.1. The van der Waals surface area contributed by atoms with E-state index in [-0.39, 0.29) is 17.2 Å². The number of benzene rings is 2. The van der Waals surface area contributed by atoms with Crippen molar-refractivity contribution in [3.8, 4) is 16.9 Å². The van der Waals surface area contributed by atoms with Crippen LogP contribution in [-0.2, 0) is 4.79 Å². The van der Waals surface area contributed by atoms with E-state index >= 15 is 0 Å². The third-order valence-corrected chi connectivity index (χ3v) is 2.74. The number of carbonyl (C=O) groups excluding carboxylic acids is 1. The number of amides is 1. The van der Waals surface area contributed by atoms with Crippen molar-refractivity contribution in [1.29, 1.82) is 0 Å². The van der Waals surface area contributed by atoms with E-state index in [9.17, 15) is 14.7 Å². The number of rotatable bonds is 3. The van der Waals surface area contributed by atoms with Crippen molar-refractivity contribution in [2.45, 2.75) is 6.92 Å². The lowest BCUT2D eigenvalue weighted by Gasteiger charge is -2.07. The molecule has 0 unspecified atom stereocenters. The van der Waals surface area contributed by atoms with Crippen LogP contribution >= 0.6 is 0 Å². The average Bonchev–Trinajstić information content (AvgIpc) is 2.38. The second-order valence-corrected chi connectivity index (χ2v) is 4.30. The molecule has 20 heavy (non-hydrogen) atoms. The fourth-order valence-electron chi connectivity index (χ4n) is 1.87. The summed E-state index contributed by atoms with van der Waals surface area (Å²) in [4.78, 5) is 22.0. The zero-order valence-corrected chi connectivity index (χ0v) is 10.8. The summed E-state index contributed by atoms with van der Waals surface area (Å²) in [6, 6.07) is 11.4. The maximum absolute atomic E-state index is 11.0. The first kappa shape index (κ1) is 13.6. The van der Waals surface area contributed by atoms with E-state index in [1.165, 1.54) is 19.1 Å². The summed E-state index contributed by atoms with van der Waals surface area (Å²) < 4.78 is 0. The van der Waals surface area contributed by atoms with Gasteiger partial charge in [0.15, 0.2) is 0 Å². The van der Waals surface area contributed by atoms with Crippen molar-refractivity contribution in [3.05, 3.63) is 48.0 Å². The molecule has 0 atom stereocenters. The lowest BCUT2D eigenvalue weighted by molar-refractivity contribution is -0.114. The molecule has 102 valence electrons. The first-order chi connectivity index (χ1) is 9.47. The predicted octanol–water partition coefficient (Wildman–Crippen LogP) is 2.72. The van der Waals surface area contributed by atoms with E-state index in [2.05, 4.69) is 5.32 Å². The van der Waals surface area contributed by atoms with Crippen LogP contribution in [0.2, 0.25) is 0 Å². The van der Waals surface area contributed by atoms with E-state index < -0.39 is 5.97 Å². The van der Waals surface area contributed by atoms with E-state index in [0.717, 1.165) is 5.56 Å². The van der Waals surface area contributed by atoms with Crippen molar-refractivity contribution in [2.75, 3.05) is 5.32 Å². The molecule has 0 radical (unpaired) electrons. The standard InChI is InChI=1S/C15H13NO4/c1-9(17)16-12-4-2-3-10(7-12)11-5-6-14(18)13(8-11)15(19)20/h2-8,18H,1H3,(H,16,17)(H,19,20). The second kappa shape index (κ2) is 5.44. The number of carbonyl (C=O) groups is 2. The molecule has 1 amide bonds. The van der Waals surface area contributed by atoms with Crippen molar-refractivity contribution < 1.29 is 19.8 Å². The number of phenols is 1. The molecule has 0 fully saturated rings. The Balaban J connectivity index is 2.43. The molecule has 0 bridgehead atoms. The molecule has 2 rings (SSSR count). The zero-order chi connectivity index (χ0) is 14.7. The summed E-state index contributed by atoms with van der Waals surface area (Å²) in [6.45, 7) is 1.41. The Morgan fingerprint density at radius 3 is 2.40 bits per heavy atom. The molecule has 0 aliphatic heterocycles. The van der Waals surface area contributed by atoms with Crippen LogP contribution in [0.1, 0.15) is 17.3 Å². The van der Waals surface area contributed by atoms with Crippen molar-refractivity contribution in [1.82, 2.24) is 0 Å². The van der Waals surface area contributed by atoms with E-state index in [1.807, 2.05) is 0 Å². The van der Waals surface area contributed by atoms with Gasteiger partial charge in [0.2, 0.25) is 5.91 Å². The Bertz CT molecular complexity index is 679. The van der Waals surface area contributed by atoms with Crippen molar-refractivity contribution in [2.24, 2.45) is 0 Å². The molecular formula is C15H13NO4. The maximum atomic E-state index is 11.0. The molecule has 0 heterocycles. The molecule has 5 heteroatoms. The summed E-state index contributed by atoms with van der Waals surface area (Å²) in [5.74, 6) is -1.65. The molecule has 0 aromatic heterocycles. The number of aromatic hydroxyl groups is 1. The van der Waals surface area contributed by atoms with Gasteiger partial charge in [-0.3, -0.25) is 4.79 Å². The fraction of sp³-hybridized carbons (Fsp3) is 0.0667. The smallest absolute Gasteiger partial charge is 0.339 e. The molecule has 3 N–H and O–H groups in total. The molecule has 0 saturated heterocycles. The molecule has 2 aromatic carbocycles. The van der Waals surface area contributed by atoms with Crippen LogP contribution in [0.4, 0.5) is 5.69 Å². The van der Waals surface area contributed by atoms with Gasteiger partial charge in [-0.2, -0.15) is 0 Å². The van der Waals surface area contributed by atoms with Gasteiger partial charge in [0, 0.05) is 12.6 Å². The van der Waals surface area contributed by atoms with Gasteiger partial charge < -0.3 is 15.5 Å². The molecule has 0 saturated carbocycles. The molecule has 5 nitrogen and oxygen atoms in total. The van der Waals surface area contributed by atoms with Gasteiger partial charge in [-0.15, -0.1) is 0 Å². The quantitative estimate of drug-likeness (QED) is 0.801. The molecule has 0 aliphatic carbocycles. The van der Waals surface area contributed by atoms with E-state index in [0.29, 0.717) is 11.3 Å². The van der Waals surface area contributed by atoms with Gasteiger partial charge in [-0.05, 0) is 35.4 Å². The highest BCUT2D eigenvalue weighted by Gasteiger charge is 2.11. The van der Waals surface area contributed by atoms with Crippen LogP contribution in [0.3, 0.4) is 0 Å². The monoisotopic (exact) mass is 271 g/mol. The fourth-order valence-corrected chi connectivity index (χ4v) is 1.87. The lowest BCUT2D eigenvalue weighted by atomic mass is 10.0. The normalized spacial score (nSPS) is 10.1. The minimum atomic E-state index is -1.19. The summed E-state index contributed by atoms with van der Waals surface area (Å²) in [5.41, 5.74) is 1.86. The Morgan fingerprint density at radius 2 is 1.75 bits per heavy atom. The number of nitrogens with one attached hydrogen (secondary N) is 1. The molecule has 0 spiro atoms. The number of aromatic carboxylic acids is 1. The number of carboxylic acid groups (broad SMARTS) is 1. The molecule has 0 aliphatic rings. The average molecular weight is 271 g/mol. The Morgan fingerprint density at radius 1 is 1.05 bits per heavy atom. The van der Waals surface area contributed by atoms with E-state index in [4.69, 9.17) is 5.11 Å². The van der Waals surface area contributed by atoms with Crippen LogP contribution in [0.25, 0.3) is 11.1 Å². The number of hydrogen-bond donors (Lipinski definition) is 3. The number of carboxylic acids is 1. The largest absolute Gasteiger partial charge is 0.507 e. The van der Waals surface area contributed by atoms with E-state index in [1.54, 1.807) is 30.3 Å². The highest BCUT2D eigenvalue weighted by Crippen LogP contribution is 2.27. The summed E-state index contributed by atoms with van der Waals surface area (Å²) >= 11 is 0. The minimum absolute atomic E-state index is 0.160. The van der Waals surface area contributed by atoms with Gasteiger partial charge in [-0.1, -0.05) is 18.2 Å². The van der Waals surface area contributed by atoms with Gasteiger partial charge in [0.1, 0.15) is 11.3 Å². The molecule has 2 aromatic rings. The van der Waals surface area contributed by atoms with Crippen molar-refractivity contribution >= 4 is 17.6 Å². The SMILES string of the molecule is CC(=O)Nc1cccc(-c2ccc(O)c(C(=O)O)c2)c1. The minimum Gasteiger partial charge on any atom is -0.507 e. The molecular weight excluding hydrogens is 258 g/mol. The Labute approximate surface area is 115 Å². The first-order valence-electron chi connectivity index (χ1n) is 5.91. The van der Waals surface area contributed by atoms with Crippen LogP contribution in [0, 0.1) is 0 Å². The Hall–Kier alpha value is -2.82. The van der Waals surface area contributed by atoms with Crippen molar-refractivity contribution in [3.63, 3.8) is 0 Å².